The quantitative estimate of drug-likeness (QED) is 0.781. The molecule has 0 aromatic rings. The van der Waals surface area contributed by atoms with E-state index in [1.165, 1.54) is 0 Å². The summed E-state index contributed by atoms with van der Waals surface area (Å²) in [6, 6.07) is 0. The second-order valence-electron chi connectivity index (χ2n) is 4.85. The van der Waals surface area contributed by atoms with Crippen LogP contribution in [0, 0.1) is 11.3 Å². The van der Waals surface area contributed by atoms with E-state index >= 15 is 0 Å². The Hall–Kier alpha value is -0.220. The van der Waals surface area contributed by atoms with Gasteiger partial charge in [0.25, 0.3) is 0 Å². The van der Waals surface area contributed by atoms with E-state index in [0.717, 1.165) is 12.2 Å². The summed E-state index contributed by atoms with van der Waals surface area (Å²) in [4.78, 5) is 11.4. The van der Waals surface area contributed by atoms with Crippen molar-refractivity contribution in [1.82, 2.24) is 0 Å². The number of thioether (sulfide) groups is 1. The number of aliphatic carboxylic acids is 1. The van der Waals surface area contributed by atoms with Gasteiger partial charge in [0.2, 0.25) is 0 Å². The molecule has 0 saturated carbocycles. The molecule has 2 unspecified atom stereocenters. The van der Waals surface area contributed by atoms with Gasteiger partial charge < -0.3 is 10.2 Å². The van der Waals surface area contributed by atoms with Crippen molar-refractivity contribution in [2.45, 2.75) is 39.2 Å². The largest absolute Gasteiger partial charge is 0.481 e. The number of rotatable bonds is 3. The van der Waals surface area contributed by atoms with E-state index in [9.17, 15) is 15.0 Å². The number of carboxylic acid groups (broad SMARTS) is 1. The van der Waals surface area contributed by atoms with Crippen LogP contribution >= 0.6 is 11.8 Å². The molecule has 2 atom stereocenters. The van der Waals surface area contributed by atoms with Gasteiger partial charge in [0.1, 0.15) is 0 Å². The van der Waals surface area contributed by atoms with Crippen molar-refractivity contribution in [2.75, 3.05) is 11.5 Å². The Bertz CT molecular complexity index is 246. The first-order valence-electron chi connectivity index (χ1n) is 5.38. The predicted octanol–water partition coefficient (Wildman–Crippen LogP) is 1.99. The van der Waals surface area contributed by atoms with Crippen molar-refractivity contribution in [2.24, 2.45) is 11.3 Å². The SMILES string of the molecule is CC(C)C(C)(C(=O)O)C1(O)CCCSC1. The van der Waals surface area contributed by atoms with Crippen LogP contribution in [0.25, 0.3) is 0 Å². The third-order valence-electron chi connectivity index (χ3n) is 3.79. The highest BCUT2D eigenvalue weighted by atomic mass is 32.2. The van der Waals surface area contributed by atoms with Crippen molar-refractivity contribution < 1.29 is 15.0 Å². The van der Waals surface area contributed by atoms with Crippen molar-refractivity contribution in [3.05, 3.63) is 0 Å². The summed E-state index contributed by atoms with van der Waals surface area (Å²) < 4.78 is 0. The summed E-state index contributed by atoms with van der Waals surface area (Å²) in [5.41, 5.74) is -2.10. The van der Waals surface area contributed by atoms with Crippen LogP contribution in [0.4, 0.5) is 0 Å². The molecule has 1 fully saturated rings. The Kier molecular flexibility index (Phi) is 3.71. The number of carbonyl (C=O) groups is 1. The van der Waals surface area contributed by atoms with Gasteiger partial charge in [-0.15, -0.1) is 0 Å². The lowest BCUT2D eigenvalue weighted by Crippen LogP contribution is -2.57. The summed E-state index contributed by atoms with van der Waals surface area (Å²) in [7, 11) is 0. The zero-order valence-electron chi connectivity index (χ0n) is 9.62. The maximum atomic E-state index is 11.4. The maximum absolute atomic E-state index is 11.4. The van der Waals surface area contributed by atoms with Gasteiger partial charge >= 0.3 is 5.97 Å². The zero-order valence-corrected chi connectivity index (χ0v) is 10.4. The van der Waals surface area contributed by atoms with E-state index in [-0.39, 0.29) is 5.92 Å². The summed E-state index contributed by atoms with van der Waals surface area (Å²) >= 11 is 1.65. The molecular formula is C11H20O3S. The first-order chi connectivity index (χ1) is 6.84. The molecule has 0 amide bonds. The van der Waals surface area contributed by atoms with Crippen LogP contribution in [0.15, 0.2) is 0 Å². The average Bonchev–Trinajstić information content (AvgIpc) is 2.16. The summed E-state index contributed by atoms with van der Waals surface area (Å²) in [6.07, 6.45) is 1.50. The highest BCUT2D eigenvalue weighted by Crippen LogP contribution is 2.45. The fraction of sp³-hybridized carbons (Fsp3) is 0.909. The smallest absolute Gasteiger partial charge is 0.312 e. The van der Waals surface area contributed by atoms with Crippen LogP contribution in [0.5, 0.6) is 0 Å². The van der Waals surface area contributed by atoms with Crippen LogP contribution in [0.3, 0.4) is 0 Å². The molecule has 15 heavy (non-hydrogen) atoms. The van der Waals surface area contributed by atoms with Gasteiger partial charge in [0, 0.05) is 5.75 Å². The van der Waals surface area contributed by atoms with E-state index < -0.39 is 17.0 Å². The Morgan fingerprint density at radius 2 is 2.13 bits per heavy atom. The third-order valence-corrected chi connectivity index (χ3v) is 5.04. The normalized spacial score (nSPS) is 31.3. The van der Waals surface area contributed by atoms with E-state index in [0.29, 0.717) is 12.2 Å². The number of carboxylic acids is 1. The molecule has 0 aromatic carbocycles. The molecule has 4 heteroatoms. The van der Waals surface area contributed by atoms with Crippen LogP contribution in [0.2, 0.25) is 0 Å². The second-order valence-corrected chi connectivity index (χ2v) is 5.96. The topological polar surface area (TPSA) is 57.5 Å². The monoisotopic (exact) mass is 232 g/mol. The van der Waals surface area contributed by atoms with E-state index in [4.69, 9.17) is 0 Å². The molecule has 1 aliphatic heterocycles. The first-order valence-corrected chi connectivity index (χ1v) is 6.53. The lowest BCUT2D eigenvalue weighted by molar-refractivity contribution is -0.172. The minimum atomic E-state index is -1.06. The van der Waals surface area contributed by atoms with Crippen LogP contribution < -0.4 is 0 Å². The van der Waals surface area contributed by atoms with Crippen molar-refractivity contribution in [3.8, 4) is 0 Å². The molecule has 0 aliphatic carbocycles. The Balaban J connectivity index is 3.02. The van der Waals surface area contributed by atoms with Crippen LogP contribution in [0.1, 0.15) is 33.6 Å². The highest BCUT2D eigenvalue weighted by molar-refractivity contribution is 7.99. The molecular weight excluding hydrogens is 212 g/mol. The molecule has 1 heterocycles. The van der Waals surface area contributed by atoms with E-state index in [1.54, 1.807) is 18.7 Å². The summed E-state index contributed by atoms with van der Waals surface area (Å²) in [6.45, 7) is 5.41. The molecule has 2 N–H and O–H groups in total. The molecule has 88 valence electrons. The second kappa shape index (κ2) is 4.34. The standard InChI is InChI=1S/C11H20O3S/c1-8(2)10(3,9(12)13)11(14)5-4-6-15-7-11/h8,14H,4-7H2,1-3H3,(H,12,13). The van der Waals surface area contributed by atoms with Gasteiger partial charge in [-0.3, -0.25) is 4.79 Å². The molecule has 1 saturated heterocycles. The van der Waals surface area contributed by atoms with Gasteiger partial charge in [-0.05, 0) is 31.4 Å². The fourth-order valence-corrected chi connectivity index (χ4v) is 3.45. The van der Waals surface area contributed by atoms with Crippen molar-refractivity contribution in [3.63, 3.8) is 0 Å². The Morgan fingerprint density at radius 1 is 1.53 bits per heavy atom. The van der Waals surface area contributed by atoms with Gasteiger partial charge in [0.15, 0.2) is 0 Å². The Labute approximate surface area is 95.3 Å². The number of hydrogen-bond acceptors (Lipinski definition) is 3. The highest BCUT2D eigenvalue weighted by Gasteiger charge is 2.54. The molecule has 0 bridgehead atoms. The number of hydrogen-bond donors (Lipinski definition) is 2. The van der Waals surface area contributed by atoms with Crippen LogP contribution in [-0.2, 0) is 4.79 Å². The van der Waals surface area contributed by atoms with Gasteiger partial charge in [-0.2, -0.15) is 11.8 Å². The van der Waals surface area contributed by atoms with Gasteiger partial charge in [-0.25, -0.2) is 0 Å². The molecule has 3 nitrogen and oxygen atoms in total. The predicted molar refractivity (Wildman–Crippen MR) is 62.1 cm³/mol. The lowest BCUT2D eigenvalue weighted by atomic mass is 9.65. The number of aliphatic hydroxyl groups is 1. The fourth-order valence-electron chi connectivity index (χ4n) is 2.17. The van der Waals surface area contributed by atoms with E-state index in [1.807, 2.05) is 13.8 Å². The summed E-state index contributed by atoms with van der Waals surface area (Å²) in [5.74, 6) is 0.602. The minimum Gasteiger partial charge on any atom is -0.481 e. The molecule has 1 rings (SSSR count). The van der Waals surface area contributed by atoms with Gasteiger partial charge in [0.05, 0.1) is 11.0 Å². The zero-order chi connectivity index (χ0) is 11.7. The Morgan fingerprint density at radius 3 is 2.47 bits per heavy atom. The molecule has 0 radical (unpaired) electrons. The first kappa shape index (κ1) is 12.8. The minimum absolute atomic E-state index is 0.0706. The molecule has 0 aromatic heterocycles. The lowest BCUT2D eigenvalue weighted by Gasteiger charge is -2.46. The van der Waals surface area contributed by atoms with Crippen LogP contribution in [-0.4, -0.2) is 33.3 Å². The third kappa shape index (κ3) is 2.02. The average molecular weight is 232 g/mol. The van der Waals surface area contributed by atoms with Crippen molar-refractivity contribution in [1.29, 1.82) is 0 Å². The molecule has 0 spiro atoms. The van der Waals surface area contributed by atoms with Crippen molar-refractivity contribution >= 4 is 17.7 Å². The summed E-state index contributed by atoms with van der Waals surface area (Å²) in [5, 5.41) is 19.9. The van der Waals surface area contributed by atoms with E-state index in [2.05, 4.69) is 0 Å². The van der Waals surface area contributed by atoms with Gasteiger partial charge in [-0.1, -0.05) is 13.8 Å². The molecule has 1 aliphatic rings. The maximum Gasteiger partial charge on any atom is 0.312 e.